The lowest BCUT2D eigenvalue weighted by atomic mass is 10.1. The van der Waals surface area contributed by atoms with Crippen LogP contribution in [0.25, 0.3) is 5.69 Å². The summed E-state index contributed by atoms with van der Waals surface area (Å²) in [5.74, 6) is -1.19. The van der Waals surface area contributed by atoms with Gasteiger partial charge in [-0.15, -0.1) is 0 Å². The molecule has 0 bridgehead atoms. The second kappa shape index (κ2) is 9.11. The van der Waals surface area contributed by atoms with Gasteiger partial charge < -0.3 is 10.2 Å². The van der Waals surface area contributed by atoms with Crippen molar-refractivity contribution in [1.82, 2.24) is 24.9 Å². The molecule has 1 fully saturated rings. The molecule has 5 nitrogen and oxygen atoms in total. The number of rotatable bonds is 7. The molecule has 1 atom stereocenters. The summed E-state index contributed by atoms with van der Waals surface area (Å²) in [6, 6.07) is 4.04. The Morgan fingerprint density at radius 1 is 1.14 bits per heavy atom. The molecule has 0 amide bonds. The monoisotopic (exact) mass is 391 g/mol. The first-order valence-corrected chi connectivity index (χ1v) is 10.1. The molecule has 1 aliphatic heterocycles. The number of aryl methyl sites for hydroxylation is 1. The number of piperazine rings is 1. The van der Waals surface area contributed by atoms with Gasteiger partial charge in [0.05, 0.1) is 5.69 Å². The van der Waals surface area contributed by atoms with Gasteiger partial charge in [-0.05, 0) is 39.4 Å². The number of halogens is 2. The van der Waals surface area contributed by atoms with Crippen LogP contribution >= 0.6 is 0 Å². The maximum atomic E-state index is 14.1. The Morgan fingerprint density at radius 2 is 1.86 bits per heavy atom. The molecule has 0 radical (unpaired) electrons. The van der Waals surface area contributed by atoms with E-state index in [1.165, 1.54) is 12.1 Å². The fourth-order valence-corrected chi connectivity index (χ4v) is 3.87. The molecule has 28 heavy (non-hydrogen) atoms. The van der Waals surface area contributed by atoms with Crippen LogP contribution < -0.4 is 5.32 Å². The first-order valence-electron chi connectivity index (χ1n) is 10.1. The highest BCUT2D eigenvalue weighted by Crippen LogP contribution is 2.20. The van der Waals surface area contributed by atoms with E-state index in [4.69, 9.17) is 0 Å². The predicted molar refractivity (Wildman–Crippen MR) is 108 cm³/mol. The van der Waals surface area contributed by atoms with Crippen molar-refractivity contribution in [2.24, 2.45) is 0 Å². The summed E-state index contributed by atoms with van der Waals surface area (Å²) in [6.07, 6.45) is 0. The molecule has 7 heteroatoms. The van der Waals surface area contributed by atoms with Crippen molar-refractivity contribution in [3.63, 3.8) is 0 Å². The number of aromatic nitrogens is 2. The summed E-state index contributed by atoms with van der Waals surface area (Å²) in [7, 11) is 0. The molecule has 1 aliphatic rings. The predicted octanol–water partition coefficient (Wildman–Crippen LogP) is 2.88. The van der Waals surface area contributed by atoms with E-state index in [2.05, 4.69) is 34.1 Å². The van der Waals surface area contributed by atoms with Gasteiger partial charge in [0, 0.05) is 62.6 Å². The minimum Gasteiger partial charge on any atom is -0.311 e. The molecule has 0 saturated carbocycles. The zero-order chi connectivity index (χ0) is 20.3. The molecule has 2 aromatic rings. The Labute approximate surface area is 166 Å². The molecular weight excluding hydrogens is 360 g/mol. The van der Waals surface area contributed by atoms with Crippen molar-refractivity contribution >= 4 is 0 Å². The molecule has 0 aliphatic carbocycles. The van der Waals surface area contributed by atoms with Crippen LogP contribution in [0.2, 0.25) is 0 Å². The van der Waals surface area contributed by atoms with Gasteiger partial charge in [0.1, 0.15) is 11.5 Å². The average Bonchev–Trinajstić information content (AvgIpc) is 2.96. The van der Waals surface area contributed by atoms with Crippen molar-refractivity contribution in [3.8, 4) is 5.69 Å². The van der Waals surface area contributed by atoms with Crippen LogP contribution in [0.4, 0.5) is 8.78 Å². The van der Waals surface area contributed by atoms with Gasteiger partial charge in [-0.3, -0.25) is 4.90 Å². The van der Waals surface area contributed by atoms with Crippen LogP contribution in [0.1, 0.15) is 30.8 Å². The lowest BCUT2D eigenvalue weighted by Gasteiger charge is -2.37. The summed E-state index contributed by atoms with van der Waals surface area (Å²) in [6.45, 7) is 15.5. The molecule has 154 valence electrons. The molecule has 0 spiro atoms. The van der Waals surface area contributed by atoms with Gasteiger partial charge >= 0.3 is 0 Å². The number of nitrogens with zero attached hydrogens (tertiary/aromatic N) is 4. The van der Waals surface area contributed by atoms with E-state index in [-0.39, 0.29) is 5.69 Å². The van der Waals surface area contributed by atoms with Crippen LogP contribution in [0.5, 0.6) is 0 Å². The van der Waals surface area contributed by atoms with Crippen molar-refractivity contribution < 1.29 is 8.78 Å². The Kier molecular flexibility index (Phi) is 6.80. The first kappa shape index (κ1) is 20.9. The van der Waals surface area contributed by atoms with Gasteiger partial charge in [-0.25, -0.2) is 13.5 Å². The van der Waals surface area contributed by atoms with Gasteiger partial charge in [0.15, 0.2) is 5.82 Å². The fraction of sp³-hybridized carbons (Fsp3) is 0.571. The molecule has 1 aromatic carbocycles. The Hall–Kier alpha value is -1.83. The van der Waals surface area contributed by atoms with Gasteiger partial charge in [-0.1, -0.05) is 6.92 Å². The molecule has 2 heterocycles. The van der Waals surface area contributed by atoms with E-state index in [0.717, 1.165) is 62.3 Å². The Bertz CT molecular complexity index is 796. The number of hydrogen-bond donors (Lipinski definition) is 1. The van der Waals surface area contributed by atoms with Gasteiger partial charge in [-0.2, -0.15) is 5.10 Å². The zero-order valence-corrected chi connectivity index (χ0v) is 17.3. The van der Waals surface area contributed by atoms with E-state index >= 15 is 0 Å². The van der Waals surface area contributed by atoms with Crippen LogP contribution in [-0.2, 0) is 6.54 Å². The molecule has 1 saturated heterocycles. The summed E-state index contributed by atoms with van der Waals surface area (Å²) in [4.78, 5) is 5.00. The van der Waals surface area contributed by atoms with Crippen molar-refractivity contribution in [2.75, 3.05) is 39.3 Å². The van der Waals surface area contributed by atoms with E-state index in [1.54, 1.807) is 4.68 Å². The Balaban J connectivity index is 1.60. The first-order chi connectivity index (χ1) is 13.4. The molecule has 0 unspecified atom stereocenters. The summed E-state index contributed by atoms with van der Waals surface area (Å²) >= 11 is 0. The molecular formula is C21H31F2N5. The van der Waals surface area contributed by atoms with Crippen molar-refractivity contribution in [2.45, 2.75) is 40.3 Å². The highest BCUT2D eigenvalue weighted by atomic mass is 19.1. The van der Waals surface area contributed by atoms with Crippen LogP contribution in [0, 0.1) is 25.5 Å². The number of likely N-dealkylation sites (N-methyl/N-ethyl adjacent to an activating group) is 1. The van der Waals surface area contributed by atoms with Crippen molar-refractivity contribution in [3.05, 3.63) is 46.8 Å². The largest absolute Gasteiger partial charge is 0.311 e. The maximum Gasteiger partial charge on any atom is 0.151 e. The lowest BCUT2D eigenvalue weighted by molar-refractivity contribution is 0.105. The van der Waals surface area contributed by atoms with E-state index < -0.39 is 11.6 Å². The summed E-state index contributed by atoms with van der Waals surface area (Å²) < 4.78 is 28.9. The second-order valence-electron chi connectivity index (χ2n) is 7.61. The summed E-state index contributed by atoms with van der Waals surface area (Å²) in [5, 5.41) is 8.01. The third kappa shape index (κ3) is 4.59. The van der Waals surface area contributed by atoms with Crippen LogP contribution in [-0.4, -0.2) is 64.9 Å². The smallest absolute Gasteiger partial charge is 0.151 e. The SMILES string of the molecule is CCN1CCN([C@@H](C)CNCc2c(C)nn(-c3ccc(F)cc3F)c2C)CC1. The number of benzene rings is 1. The third-order valence-corrected chi connectivity index (χ3v) is 5.80. The third-order valence-electron chi connectivity index (χ3n) is 5.80. The van der Waals surface area contributed by atoms with Crippen LogP contribution in [0.3, 0.4) is 0 Å². The van der Waals surface area contributed by atoms with E-state index in [1.807, 2.05) is 13.8 Å². The highest BCUT2D eigenvalue weighted by Gasteiger charge is 2.20. The molecule has 1 aromatic heterocycles. The molecule has 3 rings (SSSR count). The number of nitrogens with one attached hydrogen (secondary N) is 1. The van der Waals surface area contributed by atoms with Crippen LogP contribution in [0.15, 0.2) is 18.2 Å². The van der Waals surface area contributed by atoms with Crippen molar-refractivity contribution in [1.29, 1.82) is 0 Å². The topological polar surface area (TPSA) is 36.3 Å². The van der Waals surface area contributed by atoms with Gasteiger partial charge in [0.2, 0.25) is 0 Å². The highest BCUT2D eigenvalue weighted by molar-refractivity contribution is 5.38. The van der Waals surface area contributed by atoms with E-state index in [0.29, 0.717) is 12.6 Å². The maximum absolute atomic E-state index is 14.1. The normalized spacial score (nSPS) is 17.2. The molecule has 1 N–H and O–H groups in total. The summed E-state index contributed by atoms with van der Waals surface area (Å²) in [5.41, 5.74) is 3.07. The minimum absolute atomic E-state index is 0.274. The lowest BCUT2D eigenvalue weighted by Crippen LogP contribution is -2.51. The standard InChI is InChI=1S/C21H31F2N5/c1-5-26-8-10-27(11-9-26)15(2)13-24-14-19-16(3)25-28(17(19)4)21-7-6-18(22)12-20(21)23/h6-7,12,15,24H,5,8-11,13-14H2,1-4H3/t15-/m0/s1. The second-order valence-corrected chi connectivity index (χ2v) is 7.61. The fourth-order valence-electron chi connectivity index (χ4n) is 3.87. The number of hydrogen-bond acceptors (Lipinski definition) is 4. The van der Waals surface area contributed by atoms with E-state index in [9.17, 15) is 8.78 Å². The quantitative estimate of drug-likeness (QED) is 0.787. The zero-order valence-electron chi connectivity index (χ0n) is 17.3. The van der Waals surface area contributed by atoms with Gasteiger partial charge in [0.25, 0.3) is 0 Å². The average molecular weight is 392 g/mol. The Morgan fingerprint density at radius 3 is 2.50 bits per heavy atom. The minimum atomic E-state index is -0.607.